The van der Waals surface area contributed by atoms with Crippen molar-refractivity contribution in [1.29, 1.82) is 0 Å². The number of nitro groups is 1. The average molecular weight is 293 g/mol. The van der Waals surface area contributed by atoms with Crippen molar-refractivity contribution in [3.63, 3.8) is 0 Å². The maximum absolute atomic E-state index is 12.0. The zero-order chi connectivity index (χ0) is 15.4. The highest BCUT2D eigenvalue weighted by molar-refractivity contribution is 5.94. The summed E-state index contributed by atoms with van der Waals surface area (Å²) in [5.74, 6) is -0.541. The van der Waals surface area contributed by atoms with Crippen molar-refractivity contribution >= 4 is 23.2 Å². The highest BCUT2D eigenvalue weighted by Gasteiger charge is 2.25. The zero-order valence-electron chi connectivity index (χ0n) is 11.4. The molecule has 1 saturated heterocycles. The Hall–Kier alpha value is -2.64. The van der Waals surface area contributed by atoms with Crippen LogP contribution in [0.3, 0.4) is 0 Å². The second-order valence-electron chi connectivity index (χ2n) is 4.67. The van der Waals surface area contributed by atoms with Crippen LogP contribution in [-0.4, -0.2) is 30.4 Å². The van der Waals surface area contributed by atoms with Gasteiger partial charge in [0.1, 0.15) is 0 Å². The summed E-state index contributed by atoms with van der Waals surface area (Å²) >= 11 is 0. The largest absolute Gasteiger partial charge is 0.490 e. The van der Waals surface area contributed by atoms with Crippen molar-refractivity contribution in [2.45, 2.75) is 12.8 Å². The van der Waals surface area contributed by atoms with Crippen LogP contribution in [0, 0.1) is 16.0 Å². The van der Waals surface area contributed by atoms with Crippen LogP contribution in [0.15, 0.2) is 18.2 Å². The van der Waals surface area contributed by atoms with Gasteiger partial charge in [0.25, 0.3) is 0 Å². The Labute approximate surface area is 120 Å². The van der Waals surface area contributed by atoms with E-state index < -0.39 is 4.92 Å². The number of rotatable bonds is 4. The predicted octanol–water partition coefficient (Wildman–Crippen LogP) is 1.07. The number of carbonyl (C=O) groups excluding carboxylic acids is 2. The molecule has 1 heterocycles. The molecule has 1 aromatic rings. The van der Waals surface area contributed by atoms with Gasteiger partial charge in [-0.1, -0.05) is 0 Å². The molecule has 0 aromatic heterocycles. The Kier molecular flexibility index (Phi) is 4.36. The lowest BCUT2D eigenvalue weighted by molar-refractivity contribution is -0.385. The third kappa shape index (κ3) is 3.47. The number of amides is 2. The molecule has 1 atom stereocenters. The molecule has 1 aliphatic heterocycles. The second kappa shape index (κ2) is 6.21. The van der Waals surface area contributed by atoms with Gasteiger partial charge in [0.15, 0.2) is 5.75 Å². The van der Waals surface area contributed by atoms with Crippen LogP contribution in [-0.2, 0) is 9.59 Å². The Morgan fingerprint density at radius 3 is 2.86 bits per heavy atom. The molecule has 0 aliphatic carbocycles. The van der Waals surface area contributed by atoms with Gasteiger partial charge in [0, 0.05) is 24.7 Å². The fraction of sp³-hybridized carbons (Fsp3) is 0.385. The number of benzene rings is 1. The van der Waals surface area contributed by atoms with Crippen molar-refractivity contribution in [2.75, 3.05) is 19.0 Å². The molecule has 2 rings (SSSR count). The molecule has 1 aliphatic rings. The first kappa shape index (κ1) is 14.8. The van der Waals surface area contributed by atoms with Gasteiger partial charge in [-0.3, -0.25) is 19.7 Å². The van der Waals surface area contributed by atoms with Gasteiger partial charge in [0.2, 0.25) is 11.8 Å². The smallest absolute Gasteiger partial charge is 0.312 e. The van der Waals surface area contributed by atoms with Gasteiger partial charge >= 0.3 is 5.69 Å². The molecule has 1 fully saturated rings. The first-order valence-electron chi connectivity index (χ1n) is 6.41. The van der Waals surface area contributed by atoms with Crippen LogP contribution in [0.5, 0.6) is 5.75 Å². The van der Waals surface area contributed by atoms with Gasteiger partial charge < -0.3 is 15.4 Å². The third-order valence-corrected chi connectivity index (χ3v) is 3.28. The number of methoxy groups -OCH3 is 1. The summed E-state index contributed by atoms with van der Waals surface area (Å²) in [4.78, 5) is 33.4. The molecule has 21 heavy (non-hydrogen) atoms. The number of hydrogen-bond donors (Lipinski definition) is 2. The molecule has 0 saturated carbocycles. The highest BCUT2D eigenvalue weighted by atomic mass is 16.6. The molecule has 0 bridgehead atoms. The van der Waals surface area contributed by atoms with E-state index in [-0.39, 0.29) is 35.7 Å². The molecule has 8 heteroatoms. The summed E-state index contributed by atoms with van der Waals surface area (Å²) in [6.45, 7) is 0.281. The molecule has 0 spiro atoms. The van der Waals surface area contributed by atoms with E-state index in [2.05, 4.69) is 10.6 Å². The minimum Gasteiger partial charge on any atom is -0.490 e. The predicted molar refractivity (Wildman–Crippen MR) is 74.0 cm³/mol. The SMILES string of the molecule is COc1ccc(NC(=O)C2CCC(=O)NC2)cc1[N+](=O)[O-]. The lowest BCUT2D eigenvalue weighted by atomic mass is 9.98. The molecule has 2 amide bonds. The Morgan fingerprint density at radius 2 is 2.29 bits per heavy atom. The van der Waals surface area contributed by atoms with Gasteiger partial charge in [-0.25, -0.2) is 0 Å². The monoisotopic (exact) mass is 293 g/mol. The Bertz CT molecular complexity index is 577. The van der Waals surface area contributed by atoms with Crippen LogP contribution < -0.4 is 15.4 Å². The van der Waals surface area contributed by atoms with Crippen molar-refractivity contribution in [3.05, 3.63) is 28.3 Å². The van der Waals surface area contributed by atoms with Crippen molar-refractivity contribution in [3.8, 4) is 5.75 Å². The molecule has 2 N–H and O–H groups in total. The highest BCUT2D eigenvalue weighted by Crippen LogP contribution is 2.30. The molecular weight excluding hydrogens is 278 g/mol. The van der Waals surface area contributed by atoms with Crippen molar-refractivity contribution in [2.24, 2.45) is 5.92 Å². The number of piperidine rings is 1. The second-order valence-corrected chi connectivity index (χ2v) is 4.67. The van der Waals surface area contributed by atoms with E-state index >= 15 is 0 Å². The Morgan fingerprint density at radius 1 is 1.52 bits per heavy atom. The van der Waals surface area contributed by atoms with Gasteiger partial charge in [-0.05, 0) is 18.6 Å². The molecule has 1 unspecified atom stereocenters. The van der Waals surface area contributed by atoms with Crippen LogP contribution in [0.2, 0.25) is 0 Å². The number of nitrogens with one attached hydrogen (secondary N) is 2. The molecule has 1 aromatic carbocycles. The van der Waals surface area contributed by atoms with E-state index in [1.807, 2.05) is 0 Å². The van der Waals surface area contributed by atoms with Crippen molar-refractivity contribution in [1.82, 2.24) is 5.32 Å². The molecule has 8 nitrogen and oxygen atoms in total. The first-order chi connectivity index (χ1) is 10.0. The number of nitro benzene ring substituents is 1. The van der Waals surface area contributed by atoms with Crippen LogP contribution in [0.1, 0.15) is 12.8 Å². The van der Waals surface area contributed by atoms with E-state index in [1.54, 1.807) is 0 Å². The first-order valence-corrected chi connectivity index (χ1v) is 6.41. The summed E-state index contributed by atoms with van der Waals surface area (Å²) in [7, 11) is 1.34. The minimum atomic E-state index is -0.574. The average Bonchev–Trinajstić information content (AvgIpc) is 2.47. The molecule has 0 radical (unpaired) electrons. The molecule has 112 valence electrons. The lowest BCUT2D eigenvalue weighted by Gasteiger charge is -2.21. The van der Waals surface area contributed by atoms with Gasteiger partial charge in [-0.2, -0.15) is 0 Å². The summed E-state index contributed by atoms with van der Waals surface area (Å²) in [6, 6.07) is 4.21. The van der Waals surface area contributed by atoms with E-state index in [1.165, 1.54) is 25.3 Å². The number of carbonyl (C=O) groups is 2. The summed E-state index contributed by atoms with van der Waals surface area (Å²) < 4.78 is 4.89. The maximum Gasteiger partial charge on any atom is 0.312 e. The lowest BCUT2D eigenvalue weighted by Crippen LogP contribution is -2.40. The van der Waals surface area contributed by atoms with E-state index in [0.29, 0.717) is 18.5 Å². The summed E-state index contributed by atoms with van der Waals surface area (Å²) in [6.07, 6.45) is 0.775. The minimum absolute atomic E-state index is 0.0702. The van der Waals surface area contributed by atoms with Crippen LogP contribution in [0.4, 0.5) is 11.4 Å². The van der Waals surface area contributed by atoms with E-state index in [4.69, 9.17) is 4.74 Å². The summed E-state index contributed by atoms with van der Waals surface area (Å²) in [5, 5.41) is 16.2. The van der Waals surface area contributed by atoms with Gasteiger partial charge in [0.05, 0.1) is 18.0 Å². The zero-order valence-corrected chi connectivity index (χ0v) is 11.4. The van der Waals surface area contributed by atoms with Crippen LogP contribution >= 0.6 is 0 Å². The number of anilines is 1. The van der Waals surface area contributed by atoms with Crippen molar-refractivity contribution < 1.29 is 19.2 Å². The van der Waals surface area contributed by atoms with E-state index in [9.17, 15) is 19.7 Å². The normalized spacial score (nSPS) is 17.8. The third-order valence-electron chi connectivity index (χ3n) is 3.28. The number of hydrogen-bond acceptors (Lipinski definition) is 5. The number of ether oxygens (including phenoxy) is 1. The molecular formula is C13H15N3O5. The van der Waals surface area contributed by atoms with Gasteiger partial charge in [-0.15, -0.1) is 0 Å². The van der Waals surface area contributed by atoms with Crippen LogP contribution in [0.25, 0.3) is 0 Å². The topological polar surface area (TPSA) is 111 Å². The van der Waals surface area contributed by atoms with E-state index in [0.717, 1.165) is 0 Å². The fourth-order valence-corrected chi connectivity index (χ4v) is 2.11. The fourth-order valence-electron chi connectivity index (χ4n) is 2.11. The Balaban J connectivity index is 2.09. The summed E-state index contributed by atoms with van der Waals surface area (Å²) in [5.41, 5.74) is 0.108. The standard InChI is InChI=1S/C13H15N3O5/c1-21-11-4-3-9(6-10(11)16(19)20)15-13(18)8-2-5-12(17)14-7-8/h3-4,6,8H,2,5,7H2,1H3,(H,14,17)(H,15,18). The quantitative estimate of drug-likeness (QED) is 0.637. The number of nitrogens with zero attached hydrogens (tertiary/aromatic N) is 1. The maximum atomic E-state index is 12.0.